The van der Waals surface area contributed by atoms with E-state index in [4.69, 9.17) is 28.6 Å². The molecule has 0 aliphatic carbocycles. The summed E-state index contributed by atoms with van der Waals surface area (Å²) in [5.41, 5.74) is 0. The summed E-state index contributed by atoms with van der Waals surface area (Å²) in [7, 11) is 0. The summed E-state index contributed by atoms with van der Waals surface area (Å²) in [5, 5.41) is 0. The molecule has 0 spiro atoms. The fourth-order valence-corrected chi connectivity index (χ4v) is 0. The van der Waals surface area contributed by atoms with Crippen LogP contribution in [0.2, 0.25) is 0 Å². The van der Waals surface area contributed by atoms with Crippen molar-refractivity contribution in [2.24, 2.45) is 0 Å². The number of rotatable bonds is 0. The zero-order valence-electron chi connectivity index (χ0n) is 3.97. The molecule has 0 rings (SSSR count). The first-order chi connectivity index (χ1) is 4.00. The van der Waals surface area contributed by atoms with E-state index in [2.05, 4.69) is 0 Å². The summed E-state index contributed by atoms with van der Waals surface area (Å²) >= 11 is -11.7. The average molecular weight is 330 g/mol. The third-order valence-corrected chi connectivity index (χ3v) is 0. The van der Waals surface area contributed by atoms with Crippen LogP contribution in [0.5, 0.6) is 0 Å². The molecule has 0 saturated carbocycles. The summed E-state index contributed by atoms with van der Waals surface area (Å²) in [6, 6.07) is 0. The molecular weight excluding hydrogens is 330 g/mol. The zero-order valence-corrected chi connectivity index (χ0v) is 7.45. The molecule has 0 aromatic rings. The first-order valence-electron chi connectivity index (χ1n) is 1.15. The van der Waals surface area contributed by atoms with Crippen LogP contribution in [-0.4, -0.2) is 0 Å². The average Bonchev–Trinajstić information content (AvgIpc) is 1.12. The van der Waals surface area contributed by atoms with Gasteiger partial charge in [-0.3, -0.25) is 0 Å². The fraction of sp³-hybridized carbons (Fsp3) is 0. The van der Waals surface area contributed by atoms with Crippen molar-refractivity contribution < 1.29 is 57.7 Å². The minimum atomic E-state index is -5.86. The van der Waals surface area contributed by atoms with Crippen molar-refractivity contribution in [1.29, 1.82) is 0 Å². The van der Waals surface area contributed by atoms with E-state index in [0.29, 0.717) is 0 Å². The Bertz CT molecular complexity index is 366. The predicted octanol–water partition coefficient (Wildman–Crippen LogP) is -0.955. The van der Waals surface area contributed by atoms with Crippen LogP contribution >= 0.6 is 0 Å². The molecular formula is O8Ru2. The van der Waals surface area contributed by atoms with Gasteiger partial charge >= 0.3 is 57.7 Å². The molecule has 0 aliphatic rings. The van der Waals surface area contributed by atoms with Crippen LogP contribution in [0.4, 0.5) is 0 Å². The van der Waals surface area contributed by atoms with Crippen molar-refractivity contribution in [2.45, 2.75) is 0 Å². The molecule has 0 aromatic heterocycles. The van der Waals surface area contributed by atoms with Crippen LogP contribution in [0, 0.1) is 0 Å². The molecule has 64 valence electrons. The number of hydrogen-bond donors (Lipinski definition) is 0. The molecule has 0 saturated heterocycles. The van der Waals surface area contributed by atoms with E-state index < -0.39 is 29.2 Å². The van der Waals surface area contributed by atoms with Crippen molar-refractivity contribution in [2.75, 3.05) is 0 Å². The van der Waals surface area contributed by atoms with Crippen molar-refractivity contribution >= 4 is 0 Å². The Kier molecular flexibility index (Phi) is 4.60. The van der Waals surface area contributed by atoms with Gasteiger partial charge in [0, 0.05) is 0 Å². The van der Waals surface area contributed by atoms with Crippen LogP contribution in [0.3, 0.4) is 0 Å². The van der Waals surface area contributed by atoms with Gasteiger partial charge in [0.1, 0.15) is 0 Å². The summed E-state index contributed by atoms with van der Waals surface area (Å²) in [6.07, 6.45) is 0. The van der Waals surface area contributed by atoms with Crippen molar-refractivity contribution in [1.82, 2.24) is 0 Å². The molecule has 0 aromatic carbocycles. The Labute approximate surface area is 58.0 Å². The summed E-state index contributed by atoms with van der Waals surface area (Å²) in [4.78, 5) is 0. The van der Waals surface area contributed by atoms with Gasteiger partial charge in [-0.1, -0.05) is 0 Å². The second-order valence-corrected chi connectivity index (χ2v) is 4.18. The van der Waals surface area contributed by atoms with Crippen LogP contribution in [0.1, 0.15) is 0 Å². The Morgan fingerprint density at radius 3 is 0.400 bits per heavy atom. The molecule has 0 unspecified atom stereocenters. The van der Waals surface area contributed by atoms with Gasteiger partial charge < -0.3 is 0 Å². The van der Waals surface area contributed by atoms with Gasteiger partial charge in [0.15, 0.2) is 0 Å². The van der Waals surface area contributed by atoms with Gasteiger partial charge in [0.2, 0.25) is 0 Å². The minimum absolute atomic E-state index is 5.86. The van der Waals surface area contributed by atoms with Crippen LogP contribution in [0.25, 0.3) is 0 Å². The van der Waals surface area contributed by atoms with Gasteiger partial charge in [0.25, 0.3) is 0 Å². The van der Waals surface area contributed by atoms with Gasteiger partial charge in [-0.2, -0.15) is 0 Å². The summed E-state index contributed by atoms with van der Waals surface area (Å²) in [5.74, 6) is 0. The molecule has 0 atom stereocenters. The second-order valence-electron chi connectivity index (χ2n) is 0.707. The molecule has 0 amide bonds. The van der Waals surface area contributed by atoms with Crippen LogP contribution < -0.4 is 0 Å². The predicted molar refractivity (Wildman–Crippen MR) is 5.49 cm³/mol. The van der Waals surface area contributed by atoms with E-state index in [-0.39, 0.29) is 0 Å². The maximum absolute atomic E-state index is 8.61. The molecule has 0 heterocycles. The molecule has 10 heavy (non-hydrogen) atoms. The first-order valence-corrected chi connectivity index (χ1v) is 6.83. The monoisotopic (exact) mass is 332 g/mol. The summed E-state index contributed by atoms with van der Waals surface area (Å²) < 4.78 is 68.9. The van der Waals surface area contributed by atoms with E-state index in [0.717, 1.165) is 0 Å². The zero-order chi connectivity index (χ0) is 9.00. The van der Waals surface area contributed by atoms with E-state index in [1.807, 2.05) is 0 Å². The van der Waals surface area contributed by atoms with Crippen LogP contribution in [-0.2, 0) is 57.7 Å². The molecule has 0 bridgehead atoms. The normalized spacial score (nSPS) is 11.2. The first kappa shape index (κ1) is 12.3. The van der Waals surface area contributed by atoms with Crippen molar-refractivity contribution in [3.8, 4) is 0 Å². The molecule has 0 radical (unpaired) electrons. The van der Waals surface area contributed by atoms with E-state index in [1.54, 1.807) is 0 Å². The SMILES string of the molecule is [O]=[Ru](=[O])(=[O])=[O].[O]=[Ru](=[O])(=[O])=[O]. The Morgan fingerprint density at radius 1 is 0.400 bits per heavy atom. The third kappa shape index (κ3) is 2710. The summed E-state index contributed by atoms with van der Waals surface area (Å²) in [6.45, 7) is 0. The van der Waals surface area contributed by atoms with E-state index in [9.17, 15) is 0 Å². The molecule has 0 N–H and O–H groups in total. The molecule has 10 heteroatoms. The molecule has 0 aliphatic heterocycles. The van der Waals surface area contributed by atoms with Crippen molar-refractivity contribution in [3.05, 3.63) is 0 Å². The number of hydrogen-bond acceptors (Lipinski definition) is 8. The maximum atomic E-state index is 8.61. The van der Waals surface area contributed by atoms with Gasteiger partial charge in [-0.05, 0) is 0 Å². The van der Waals surface area contributed by atoms with Crippen LogP contribution in [0.15, 0.2) is 0 Å². The molecule has 0 fully saturated rings. The second kappa shape index (κ2) is 3.73. The topological polar surface area (TPSA) is 137 Å². The van der Waals surface area contributed by atoms with Gasteiger partial charge in [-0.15, -0.1) is 0 Å². The third-order valence-electron chi connectivity index (χ3n) is 0. The van der Waals surface area contributed by atoms with Gasteiger partial charge in [-0.25, -0.2) is 0 Å². The fourth-order valence-electron chi connectivity index (χ4n) is 0. The standard InChI is InChI=1S/8O.2Ru. The Balaban J connectivity index is 0. The Hall–Kier alpha value is -0.353. The van der Waals surface area contributed by atoms with E-state index >= 15 is 0 Å². The quantitative estimate of drug-likeness (QED) is 0.518. The van der Waals surface area contributed by atoms with E-state index in [1.165, 1.54) is 0 Å². The Morgan fingerprint density at radius 2 is 0.400 bits per heavy atom. The molecule has 8 nitrogen and oxygen atoms in total. The van der Waals surface area contributed by atoms with Crippen molar-refractivity contribution in [3.63, 3.8) is 0 Å². The van der Waals surface area contributed by atoms with Gasteiger partial charge in [0.05, 0.1) is 0 Å².